The molecule has 0 bridgehead atoms. The third kappa shape index (κ3) is 2.85. The smallest absolute Gasteiger partial charge is 0.322 e. The van der Waals surface area contributed by atoms with Crippen LogP contribution in [0, 0.1) is 5.92 Å². The van der Waals surface area contributed by atoms with Crippen molar-refractivity contribution in [1.82, 2.24) is 4.90 Å². The van der Waals surface area contributed by atoms with E-state index in [2.05, 4.69) is 18.7 Å². The molecule has 1 aliphatic rings. The van der Waals surface area contributed by atoms with E-state index >= 15 is 0 Å². The van der Waals surface area contributed by atoms with Gasteiger partial charge in [0.1, 0.15) is 5.38 Å². The predicted octanol–water partition coefficient (Wildman–Crippen LogP) is 1.41. The van der Waals surface area contributed by atoms with Crippen molar-refractivity contribution in [3.05, 3.63) is 0 Å². The highest BCUT2D eigenvalue weighted by molar-refractivity contribution is 6.29. The van der Waals surface area contributed by atoms with Crippen molar-refractivity contribution in [2.24, 2.45) is 5.92 Å². The first-order chi connectivity index (χ1) is 6.00. The van der Waals surface area contributed by atoms with Crippen LogP contribution in [0.25, 0.3) is 0 Å². The molecule has 13 heavy (non-hydrogen) atoms. The lowest BCUT2D eigenvalue weighted by molar-refractivity contribution is -0.137. The van der Waals surface area contributed by atoms with Gasteiger partial charge in [0.05, 0.1) is 0 Å². The first-order valence-corrected chi connectivity index (χ1v) is 5.05. The molecule has 3 nitrogen and oxygen atoms in total. The van der Waals surface area contributed by atoms with Gasteiger partial charge < -0.3 is 5.11 Å². The lowest BCUT2D eigenvalue weighted by atomic mass is 10.1. The lowest BCUT2D eigenvalue weighted by Crippen LogP contribution is -2.36. The Morgan fingerprint density at radius 1 is 1.69 bits per heavy atom. The minimum Gasteiger partial charge on any atom is -0.480 e. The normalized spacial score (nSPS) is 31.9. The van der Waals surface area contributed by atoms with Crippen molar-refractivity contribution in [2.75, 3.05) is 13.1 Å². The predicted molar refractivity (Wildman–Crippen MR) is 52.1 cm³/mol. The van der Waals surface area contributed by atoms with E-state index in [4.69, 9.17) is 16.7 Å². The van der Waals surface area contributed by atoms with Gasteiger partial charge >= 0.3 is 5.97 Å². The summed E-state index contributed by atoms with van der Waals surface area (Å²) in [5, 5.41) is 7.87. The number of hydrogen-bond acceptors (Lipinski definition) is 2. The Bertz CT molecular complexity index is 198. The van der Waals surface area contributed by atoms with Crippen LogP contribution in [0.5, 0.6) is 0 Å². The monoisotopic (exact) mass is 205 g/mol. The molecule has 0 aromatic heterocycles. The second kappa shape index (κ2) is 4.29. The van der Waals surface area contributed by atoms with E-state index in [9.17, 15) is 4.79 Å². The van der Waals surface area contributed by atoms with Crippen molar-refractivity contribution >= 4 is 17.6 Å². The number of carbonyl (C=O) groups is 1. The Hall–Kier alpha value is -0.280. The zero-order valence-electron chi connectivity index (χ0n) is 8.03. The topological polar surface area (TPSA) is 40.5 Å². The molecule has 1 N–H and O–H groups in total. The van der Waals surface area contributed by atoms with Gasteiger partial charge in [0.2, 0.25) is 0 Å². The molecule has 0 amide bonds. The van der Waals surface area contributed by atoms with Gasteiger partial charge in [-0.1, -0.05) is 6.92 Å². The van der Waals surface area contributed by atoms with Crippen LogP contribution < -0.4 is 0 Å². The summed E-state index contributed by atoms with van der Waals surface area (Å²) in [4.78, 5) is 12.7. The lowest BCUT2D eigenvalue weighted by Gasteiger charge is -2.21. The summed E-state index contributed by atoms with van der Waals surface area (Å²) in [6, 6.07) is 0.468. The van der Waals surface area contributed by atoms with Crippen LogP contribution in [0.1, 0.15) is 20.3 Å². The Kier molecular flexibility index (Phi) is 3.56. The maximum atomic E-state index is 10.5. The quantitative estimate of drug-likeness (QED) is 0.709. The largest absolute Gasteiger partial charge is 0.480 e. The van der Waals surface area contributed by atoms with E-state index < -0.39 is 11.3 Å². The highest BCUT2D eigenvalue weighted by Gasteiger charge is 2.29. The Balaban J connectivity index is 2.41. The number of halogens is 1. The van der Waals surface area contributed by atoms with E-state index in [0.717, 1.165) is 13.0 Å². The van der Waals surface area contributed by atoms with Crippen LogP contribution in [0.4, 0.5) is 0 Å². The number of carboxylic acids is 1. The van der Waals surface area contributed by atoms with E-state index in [0.29, 0.717) is 18.5 Å². The second-order valence-corrected chi connectivity index (χ2v) is 4.48. The molecule has 1 saturated heterocycles. The van der Waals surface area contributed by atoms with Gasteiger partial charge in [-0.25, -0.2) is 0 Å². The van der Waals surface area contributed by atoms with Gasteiger partial charge in [0, 0.05) is 19.1 Å². The van der Waals surface area contributed by atoms with Crippen molar-refractivity contribution in [3.8, 4) is 0 Å². The van der Waals surface area contributed by atoms with E-state index in [-0.39, 0.29) is 0 Å². The summed E-state index contributed by atoms with van der Waals surface area (Å²) >= 11 is 5.67. The summed E-state index contributed by atoms with van der Waals surface area (Å²) in [5.41, 5.74) is 0. The Morgan fingerprint density at radius 2 is 2.31 bits per heavy atom. The van der Waals surface area contributed by atoms with Crippen LogP contribution in [0.3, 0.4) is 0 Å². The number of rotatable bonds is 3. The SMILES string of the molecule is CC1CC(C)N(CC(Cl)C(=O)O)C1. The number of alkyl halides is 1. The zero-order chi connectivity index (χ0) is 10.0. The molecular formula is C9H16ClNO2. The molecule has 76 valence electrons. The minimum absolute atomic E-state index is 0.461. The maximum Gasteiger partial charge on any atom is 0.322 e. The van der Waals surface area contributed by atoms with E-state index in [1.807, 2.05) is 0 Å². The molecule has 0 radical (unpaired) electrons. The highest BCUT2D eigenvalue weighted by atomic mass is 35.5. The zero-order valence-corrected chi connectivity index (χ0v) is 8.79. The Morgan fingerprint density at radius 3 is 2.69 bits per heavy atom. The van der Waals surface area contributed by atoms with Crippen LogP contribution in [-0.2, 0) is 4.79 Å². The fourth-order valence-electron chi connectivity index (χ4n) is 1.92. The fraction of sp³-hybridized carbons (Fsp3) is 0.889. The van der Waals surface area contributed by atoms with Crippen LogP contribution >= 0.6 is 11.6 Å². The van der Waals surface area contributed by atoms with Gasteiger partial charge in [-0.15, -0.1) is 11.6 Å². The van der Waals surface area contributed by atoms with E-state index in [1.165, 1.54) is 0 Å². The van der Waals surface area contributed by atoms with Crippen molar-refractivity contribution in [2.45, 2.75) is 31.7 Å². The summed E-state index contributed by atoms with van der Waals surface area (Å²) in [5.74, 6) is -0.263. The van der Waals surface area contributed by atoms with Crippen molar-refractivity contribution in [1.29, 1.82) is 0 Å². The molecule has 0 spiro atoms. The molecule has 3 atom stereocenters. The van der Waals surface area contributed by atoms with Gasteiger partial charge in [0.15, 0.2) is 0 Å². The molecule has 0 aromatic rings. The molecule has 1 fully saturated rings. The van der Waals surface area contributed by atoms with Crippen LogP contribution in [0.15, 0.2) is 0 Å². The first kappa shape index (κ1) is 10.8. The number of carboxylic acid groups (broad SMARTS) is 1. The summed E-state index contributed by atoms with van der Waals surface area (Å²) in [6.07, 6.45) is 1.14. The van der Waals surface area contributed by atoms with Crippen LogP contribution in [-0.4, -0.2) is 40.5 Å². The second-order valence-electron chi connectivity index (χ2n) is 3.95. The standard InChI is InChI=1S/C9H16ClNO2/c1-6-3-7(2)11(4-6)5-8(10)9(12)13/h6-8H,3-5H2,1-2H3,(H,12,13). The van der Waals surface area contributed by atoms with Crippen molar-refractivity contribution < 1.29 is 9.90 Å². The number of hydrogen-bond donors (Lipinski definition) is 1. The molecule has 1 rings (SSSR count). The Labute approximate surface area is 83.7 Å². The fourth-order valence-corrected chi connectivity index (χ4v) is 2.10. The first-order valence-electron chi connectivity index (χ1n) is 4.61. The number of aliphatic carboxylic acids is 1. The molecule has 0 aliphatic carbocycles. The molecule has 4 heteroatoms. The summed E-state index contributed by atoms with van der Waals surface area (Å²) in [7, 11) is 0. The summed E-state index contributed by atoms with van der Waals surface area (Å²) in [6.45, 7) is 5.73. The van der Waals surface area contributed by atoms with Gasteiger partial charge in [-0.3, -0.25) is 9.69 Å². The van der Waals surface area contributed by atoms with Gasteiger partial charge in [0.25, 0.3) is 0 Å². The van der Waals surface area contributed by atoms with E-state index in [1.54, 1.807) is 0 Å². The molecule has 1 heterocycles. The van der Waals surface area contributed by atoms with Crippen LogP contribution in [0.2, 0.25) is 0 Å². The third-order valence-corrected chi connectivity index (χ3v) is 2.90. The average Bonchev–Trinajstić information content (AvgIpc) is 2.30. The average molecular weight is 206 g/mol. The maximum absolute atomic E-state index is 10.5. The number of nitrogens with zero attached hydrogens (tertiary/aromatic N) is 1. The third-order valence-electron chi connectivity index (χ3n) is 2.58. The molecule has 0 aromatic carbocycles. The van der Waals surface area contributed by atoms with Gasteiger partial charge in [-0.2, -0.15) is 0 Å². The molecule has 3 unspecified atom stereocenters. The van der Waals surface area contributed by atoms with Gasteiger partial charge in [-0.05, 0) is 19.3 Å². The molecular weight excluding hydrogens is 190 g/mol. The number of likely N-dealkylation sites (tertiary alicyclic amines) is 1. The minimum atomic E-state index is -0.923. The molecule has 1 aliphatic heterocycles. The summed E-state index contributed by atoms with van der Waals surface area (Å²) < 4.78 is 0. The highest BCUT2D eigenvalue weighted by Crippen LogP contribution is 2.22. The van der Waals surface area contributed by atoms with Crippen molar-refractivity contribution in [3.63, 3.8) is 0 Å². The molecule has 0 saturated carbocycles.